The second-order valence-electron chi connectivity index (χ2n) is 5.58. The standard InChI is InChI=1S/C16H25NO/c1-3-16(17)13-6-10-15(11-7-13)18-14-8-4-12(2)5-9-14/h6-7,10-12,14,16H,3-5,8-9,17H2,1-2H3. The largest absolute Gasteiger partial charge is 0.490 e. The van der Waals surface area contributed by atoms with Crippen molar-refractivity contribution in [3.8, 4) is 5.75 Å². The topological polar surface area (TPSA) is 35.2 Å². The van der Waals surface area contributed by atoms with Crippen LogP contribution in [0.1, 0.15) is 57.6 Å². The van der Waals surface area contributed by atoms with Gasteiger partial charge in [-0.3, -0.25) is 0 Å². The third-order valence-electron chi connectivity index (χ3n) is 4.01. The van der Waals surface area contributed by atoms with Crippen molar-refractivity contribution in [2.75, 3.05) is 0 Å². The first-order valence-corrected chi connectivity index (χ1v) is 7.21. The second-order valence-corrected chi connectivity index (χ2v) is 5.58. The van der Waals surface area contributed by atoms with E-state index in [4.69, 9.17) is 10.5 Å². The second kappa shape index (κ2) is 6.24. The Hall–Kier alpha value is -1.02. The molecule has 0 spiro atoms. The zero-order valence-corrected chi connectivity index (χ0v) is 11.6. The van der Waals surface area contributed by atoms with Gasteiger partial charge in [0.1, 0.15) is 5.75 Å². The molecule has 2 N–H and O–H groups in total. The van der Waals surface area contributed by atoms with Gasteiger partial charge in [-0.15, -0.1) is 0 Å². The predicted molar refractivity (Wildman–Crippen MR) is 75.7 cm³/mol. The van der Waals surface area contributed by atoms with Crippen molar-refractivity contribution in [1.82, 2.24) is 0 Å². The molecule has 1 fully saturated rings. The van der Waals surface area contributed by atoms with Crippen LogP contribution in [-0.2, 0) is 0 Å². The molecular formula is C16H25NO. The van der Waals surface area contributed by atoms with Crippen LogP contribution >= 0.6 is 0 Å². The summed E-state index contributed by atoms with van der Waals surface area (Å²) >= 11 is 0. The van der Waals surface area contributed by atoms with Crippen LogP contribution in [0.25, 0.3) is 0 Å². The Morgan fingerprint density at radius 2 is 1.78 bits per heavy atom. The molecule has 0 aromatic heterocycles. The Bertz CT molecular complexity index is 352. The molecule has 0 saturated heterocycles. The molecule has 2 heteroatoms. The zero-order valence-electron chi connectivity index (χ0n) is 11.6. The van der Waals surface area contributed by atoms with E-state index in [2.05, 4.69) is 38.1 Å². The van der Waals surface area contributed by atoms with Crippen LogP contribution in [0.4, 0.5) is 0 Å². The highest BCUT2D eigenvalue weighted by Crippen LogP contribution is 2.27. The third-order valence-corrected chi connectivity index (χ3v) is 4.01. The van der Waals surface area contributed by atoms with E-state index in [1.54, 1.807) is 0 Å². The molecule has 1 unspecified atom stereocenters. The molecule has 0 amide bonds. The average Bonchev–Trinajstić information content (AvgIpc) is 2.41. The van der Waals surface area contributed by atoms with Gasteiger partial charge in [-0.05, 0) is 55.7 Å². The van der Waals surface area contributed by atoms with Crippen LogP contribution < -0.4 is 10.5 Å². The zero-order chi connectivity index (χ0) is 13.0. The van der Waals surface area contributed by atoms with E-state index < -0.39 is 0 Å². The van der Waals surface area contributed by atoms with E-state index in [1.807, 2.05) is 0 Å². The number of hydrogen-bond donors (Lipinski definition) is 1. The van der Waals surface area contributed by atoms with Gasteiger partial charge in [-0.25, -0.2) is 0 Å². The molecule has 0 heterocycles. The van der Waals surface area contributed by atoms with E-state index in [0.29, 0.717) is 6.10 Å². The fourth-order valence-corrected chi connectivity index (χ4v) is 2.57. The summed E-state index contributed by atoms with van der Waals surface area (Å²) in [7, 11) is 0. The van der Waals surface area contributed by atoms with Crippen molar-refractivity contribution in [3.05, 3.63) is 29.8 Å². The van der Waals surface area contributed by atoms with Gasteiger partial charge in [-0.1, -0.05) is 26.0 Å². The lowest BCUT2D eigenvalue weighted by atomic mass is 9.89. The van der Waals surface area contributed by atoms with Crippen LogP contribution in [0, 0.1) is 5.92 Å². The molecule has 18 heavy (non-hydrogen) atoms. The number of ether oxygens (including phenoxy) is 1. The number of hydrogen-bond acceptors (Lipinski definition) is 2. The van der Waals surface area contributed by atoms with Crippen molar-refractivity contribution in [1.29, 1.82) is 0 Å². The van der Waals surface area contributed by atoms with Crippen LogP contribution in [0.2, 0.25) is 0 Å². The van der Waals surface area contributed by atoms with Crippen molar-refractivity contribution in [3.63, 3.8) is 0 Å². The highest BCUT2D eigenvalue weighted by molar-refractivity contribution is 5.29. The van der Waals surface area contributed by atoms with Gasteiger partial charge in [0.15, 0.2) is 0 Å². The highest BCUT2D eigenvalue weighted by atomic mass is 16.5. The first-order valence-electron chi connectivity index (χ1n) is 7.21. The Morgan fingerprint density at radius 3 is 2.33 bits per heavy atom. The lowest BCUT2D eigenvalue weighted by Gasteiger charge is -2.27. The van der Waals surface area contributed by atoms with Crippen LogP contribution in [-0.4, -0.2) is 6.10 Å². The van der Waals surface area contributed by atoms with Gasteiger partial charge >= 0.3 is 0 Å². The molecule has 100 valence electrons. The molecule has 0 aliphatic heterocycles. The number of nitrogens with two attached hydrogens (primary N) is 1. The van der Waals surface area contributed by atoms with Gasteiger partial charge in [0.05, 0.1) is 6.10 Å². The van der Waals surface area contributed by atoms with Crippen molar-refractivity contribution >= 4 is 0 Å². The monoisotopic (exact) mass is 247 g/mol. The molecule has 1 saturated carbocycles. The number of rotatable bonds is 4. The maximum Gasteiger partial charge on any atom is 0.119 e. The first kappa shape index (κ1) is 13.4. The van der Waals surface area contributed by atoms with Crippen LogP contribution in [0.5, 0.6) is 5.75 Å². The lowest BCUT2D eigenvalue weighted by molar-refractivity contribution is 0.135. The minimum Gasteiger partial charge on any atom is -0.490 e. The summed E-state index contributed by atoms with van der Waals surface area (Å²) in [6, 6.07) is 8.45. The Balaban J connectivity index is 1.90. The van der Waals surface area contributed by atoms with Gasteiger partial charge in [0.2, 0.25) is 0 Å². The van der Waals surface area contributed by atoms with Crippen molar-refractivity contribution < 1.29 is 4.74 Å². The van der Waals surface area contributed by atoms with Crippen molar-refractivity contribution in [2.45, 2.75) is 58.1 Å². The normalized spacial score (nSPS) is 25.7. The summed E-state index contributed by atoms with van der Waals surface area (Å²) in [4.78, 5) is 0. The van der Waals surface area contributed by atoms with Gasteiger partial charge < -0.3 is 10.5 Å². The molecule has 1 aliphatic carbocycles. The molecule has 1 atom stereocenters. The molecule has 2 nitrogen and oxygen atoms in total. The summed E-state index contributed by atoms with van der Waals surface area (Å²) in [6.07, 6.45) is 6.36. The predicted octanol–water partition coefficient (Wildman–Crippen LogP) is 4.05. The van der Waals surface area contributed by atoms with Gasteiger partial charge in [0.25, 0.3) is 0 Å². The Kier molecular flexibility index (Phi) is 4.65. The molecule has 0 radical (unpaired) electrons. The van der Waals surface area contributed by atoms with Crippen LogP contribution in [0.3, 0.4) is 0 Å². The van der Waals surface area contributed by atoms with Crippen LogP contribution in [0.15, 0.2) is 24.3 Å². The lowest BCUT2D eigenvalue weighted by Crippen LogP contribution is -2.23. The van der Waals surface area contributed by atoms with E-state index in [9.17, 15) is 0 Å². The molecule has 1 aromatic carbocycles. The van der Waals surface area contributed by atoms with Gasteiger partial charge in [-0.2, -0.15) is 0 Å². The van der Waals surface area contributed by atoms with E-state index in [-0.39, 0.29) is 6.04 Å². The van der Waals surface area contributed by atoms with E-state index in [1.165, 1.54) is 31.2 Å². The quantitative estimate of drug-likeness (QED) is 0.871. The molecular weight excluding hydrogens is 222 g/mol. The van der Waals surface area contributed by atoms with Crippen molar-refractivity contribution in [2.24, 2.45) is 11.7 Å². The summed E-state index contributed by atoms with van der Waals surface area (Å²) in [6.45, 7) is 4.44. The fourth-order valence-electron chi connectivity index (χ4n) is 2.57. The molecule has 2 rings (SSSR count). The van der Waals surface area contributed by atoms with Gasteiger partial charge in [0, 0.05) is 6.04 Å². The molecule has 1 aliphatic rings. The summed E-state index contributed by atoms with van der Waals surface area (Å²) < 4.78 is 6.03. The van der Waals surface area contributed by atoms with E-state index >= 15 is 0 Å². The summed E-state index contributed by atoms with van der Waals surface area (Å²) in [5, 5.41) is 0. The smallest absolute Gasteiger partial charge is 0.119 e. The Morgan fingerprint density at radius 1 is 1.17 bits per heavy atom. The first-order chi connectivity index (χ1) is 8.69. The maximum absolute atomic E-state index is 6.03. The Labute approximate surface area is 111 Å². The maximum atomic E-state index is 6.03. The minimum absolute atomic E-state index is 0.148. The molecule has 1 aromatic rings. The number of benzene rings is 1. The SMILES string of the molecule is CCC(N)c1ccc(OC2CCC(C)CC2)cc1. The highest BCUT2D eigenvalue weighted by Gasteiger charge is 2.19. The molecule has 0 bridgehead atoms. The summed E-state index contributed by atoms with van der Waals surface area (Å²) in [5.74, 6) is 1.86. The van der Waals surface area contributed by atoms with E-state index in [0.717, 1.165) is 18.1 Å². The summed E-state index contributed by atoms with van der Waals surface area (Å²) in [5.41, 5.74) is 7.20. The average molecular weight is 247 g/mol. The fraction of sp³-hybridized carbons (Fsp3) is 0.625. The minimum atomic E-state index is 0.148. The third kappa shape index (κ3) is 3.49.